The highest BCUT2D eigenvalue weighted by Gasteiger charge is 2.41. The van der Waals surface area contributed by atoms with Crippen LogP contribution in [-0.4, -0.2) is 60.5 Å². The summed E-state index contributed by atoms with van der Waals surface area (Å²) in [4.78, 5) is 41.3. The van der Waals surface area contributed by atoms with Crippen LogP contribution in [-0.2, 0) is 20.9 Å². The van der Waals surface area contributed by atoms with Crippen molar-refractivity contribution >= 4 is 23.4 Å². The number of carbonyl (C=O) groups excluding carboxylic acids is 3. The van der Waals surface area contributed by atoms with Crippen LogP contribution in [0.15, 0.2) is 18.2 Å². The lowest BCUT2D eigenvalue weighted by Gasteiger charge is -2.39. The van der Waals surface area contributed by atoms with E-state index in [4.69, 9.17) is 10.5 Å². The fraction of sp³-hybridized carbons (Fsp3) is 0.625. The number of hydrogen-bond acceptors (Lipinski definition) is 6. The summed E-state index contributed by atoms with van der Waals surface area (Å²) in [5, 5.41) is 2.38. The van der Waals surface area contributed by atoms with Crippen molar-refractivity contribution in [2.45, 2.75) is 69.7 Å². The van der Waals surface area contributed by atoms with Crippen molar-refractivity contribution in [2.24, 2.45) is 11.7 Å². The Balaban J connectivity index is 1.40. The summed E-state index contributed by atoms with van der Waals surface area (Å²) in [5.74, 6) is 0.0391. The smallest absolute Gasteiger partial charge is 0.255 e. The Morgan fingerprint density at radius 1 is 1.12 bits per heavy atom. The number of amides is 3. The van der Waals surface area contributed by atoms with Crippen LogP contribution in [0.4, 0.5) is 5.69 Å². The van der Waals surface area contributed by atoms with Gasteiger partial charge in [0.25, 0.3) is 5.91 Å². The molecule has 8 nitrogen and oxygen atoms in total. The lowest BCUT2D eigenvalue weighted by Crippen LogP contribution is -2.52. The molecule has 0 aromatic heterocycles. The minimum Gasteiger partial charge on any atom is -0.375 e. The minimum absolute atomic E-state index is 0.124. The molecule has 0 radical (unpaired) electrons. The molecule has 32 heavy (non-hydrogen) atoms. The van der Waals surface area contributed by atoms with Gasteiger partial charge in [-0.3, -0.25) is 19.7 Å². The van der Waals surface area contributed by atoms with E-state index in [0.29, 0.717) is 31.7 Å². The Morgan fingerprint density at radius 3 is 2.66 bits per heavy atom. The van der Waals surface area contributed by atoms with Crippen LogP contribution in [0.25, 0.3) is 0 Å². The van der Waals surface area contributed by atoms with Crippen molar-refractivity contribution in [3.05, 3.63) is 29.3 Å². The molecular weight excluding hydrogens is 408 g/mol. The zero-order chi connectivity index (χ0) is 22.2. The van der Waals surface area contributed by atoms with Crippen molar-refractivity contribution in [1.82, 2.24) is 10.2 Å². The average molecular weight is 441 g/mol. The molecule has 0 bridgehead atoms. The number of benzene rings is 1. The van der Waals surface area contributed by atoms with Crippen LogP contribution in [0.2, 0.25) is 0 Å². The number of nitrogens with zero attached hydrogens (tertiary/aromatic N) is 2. The summed E-state index contributed by atoms with van der Waals surface area (Å²) in [5.41, 5.74) is 8.53. The predicted octanol–water partition coefficient (Wildman–Crippen LogP) is 1.56. The molecule has 1 unspecified atom stereocenters. The molecular formula is C24H32N4O4. The molecule has 1 aromatic rings. The number of imide groups is 1. The van der Waals surface area contributed by atoms with Gasteiger partial charge in [-0.15, -0.1) is 0 Å². The highest BCUT2D eigenvalue weighted by atomic mass is 16.5. The largest absolute Gasteiger partial charge is 0.375 e. The van der Waals surface area contributed by atoms with Gasteiger partial charge in [-0.2, -0.15) is 0 Å². The fourth-order valence-corrected chi connectivity index (χ4v) is 5.29. The van der Waals surface area contributed by atoms with Crippen LogP contribution in [0.3, 0.4) is 0 Å². The van der Waals surface area contributed by atoms with Crippen LogP contribution >= 0.6 is 0 Å². The number of carbonyl (C=O) groups is 3. The second-order valence-electron chi connectivity index (χ2n) is 9.55. The van der Waals surface area contributed by atoms with E-state index in [-0.39, 0.29) is 36.3 Å². The van der Waals surface area contributed by atoms with Crippen molar-refractivity contribution < 1.29 is 19.1 Å². The Hall–Kier alpha value is -2.45. The maximum absolute atomic E-state index is 13.2. The van der Waals surface area contributed by atoms with Crippen molar-refractivity contribution in [3.63, 3.8) is 0 Å². The fourth-order valence-electron chi connectivity index (χ4n) is 5.29. The van der Waals surface area contributed by atoms with E-state index in [9.17, 15) is 14.4 Å². The zero-order valence-corrected chi connectivity index (χ0v) is 18.4. The Morgan fingerprint density at radius 2 is 1.97 bits per heavy atom. The van der Waals surface area contributed by atoms with E-state index in [1.165, 1.54) is 12.8 Å². The van der Waals surface area contributed by atoms with Gasteiger partial charge in [0.1, 0.15) is 6.04 Å². The van der Waals surface area contributed by atoms with Crippen LogP contribution < -0.4 is 16.0 Å². The molecule has 3 heterocycles. The lowest BCUT2D eigenvalue weighted by molar-refractivity contribution is -0.136. The number of nitrogens with two attached hydrogens (primary N) is 1. The van der Waals surface area contributed by atoms with E-state index < -0.39 is 6.04 Å². The third-order valence-electron chi connectivity index (χ3n) is 7.39. The molecule has 3 atom stereocenters. The molecule has 3 N–H and O–H groups in total. The minimum atomic E-state index is -0.594. The van der Waals surface area contributed by atoms with Crippen LogP contribution in [0, 0.1) is 5.92 Å². The van der Waals surface area contributed by atoms with Gasteiger partial charge in [0.15, 0.2) is 0 Å². The molecule has 4 aliphatic rings. The van der Waals surface area contributed by atoms with Gasteiger partial charge < -0.3 is 20.3 Å². The standard InChI is InChI=1S/C24H32N4O4/c25-12-17-7-6-16(14-32-17)27(11-10-15-4-5-15)20-3-1-2-18-19(20)13-28(24(18)31)21-8-9-22(29)26-23(21)30/h1-3,15-17,21H,4-14,25H2,(H,26,29,30)/t16-,17-,21?/m1/s1. The second kappa shape index (κ2) is 8.83. The molecule has 2 saturated heterocycles. The van der Waals surface area contributed by atoms with E-state index in [1.807, 2.05) is 12.1 Å². The molecule has 1 aliphatic carbocycles. The molecule has 8 heteroatoms. The van der Waals surface area contributed by atoms with Gasteiger partial charge in [0.05, 0.1) is 18.8 Å². The first-order chi connectivity index (χ1) is 15.5. The Kier molecular flexibility index (Phi) is 5.90. The summed E-state index contributed by atoms with van der Waals surface area (Å²) >= 11 is 0. The van der Waals surface area contributed by atoms with Crippen molar-refractivity contribution in [3.8, 4) is 0 Å². The maximum atomic E-state index is 13.2. The van der Waals surface area contributed by atoms with E-state index >= 15 is 0 Å². The molecule has 5 rings (SSSR count). The van der Waals surface area contributed by atoms with E-state index in [0.717, 1.165) is 43.0 Å². The molecule has 172 valence electrons. The van der Waals surface area contributed by atoms with E-state index in [2.05, 4.69) is 16.3 Å². The summed E-state index contributed by atoms with van der Waals surface area (Å²) in [6.07, 6.45) is 6.48. The van der Waals surface area contributed by atoms with Crippen molar-refractivity contribution in [1.29, 1.82) is 0 Å². The monoisotopic (exact) mass is 440 g/mol. The van der Waals surface area contributed by atoms with Gasteiger partial charge in [-0.05, 0) is 43.7 Å². The average Bonchev–Trinajstić information content (AvgIpc) is 3.57. The number of anilines is 1. The predicted molar refractivity (Wildman–Crippen MR) is 119 cm³/mol. The lowest BCUT2D eigenvalue weighted by atomic mass is 10.00. The number of rotatable bonds is 7. The number of nitrogens with one attached hydrogen (secondary N) is 1. The number of ether oxygens (including phenoxy) is 1. The third kappa shape index (κ3) is 4.13. The topological polar surface area (TPSA) is 105 Å². The summed E-state index contributed by atoms with van der Waals surface area (Å²) in [6.45, 7) is 2.52. The SMILES string of the molecule is NC[C@H]1CC[C@@H](N(CCC2CC2)c2cccc3c2CN(C2CCC(=O)NC2=O)C3=O)CO1. The first-order valence-electron chi connectivity index (χ1n) is 11.9. The number of hydrogen-bond donors (Lipinski definition) is 2. The summed E-state index contributed by atoms with van der Waals surface area (Å²) in [7, 11) is 0. The third-order valence-corrected chi connectivity index (χ3v) is 7.39. The maximum Gasteiger partial charge on any atom is 0.255 e. The van der Waals surface area contributed by atoms with Gasteiger partial charge in [0, 0.05) is 42.9 Å². The van der Waals surface area contributed by atoms with Crippen LogP contribution in [0.1, 0.15) is 60.9 Å². The summed E-state index contributed by atoms with van der Waals surface area (Å²) < 4.78 is 6.02. The van der Waals surface area contributed by atoms with Gasteiger partial charge in [0.2, 0.25) is 11.8 Å². The number of piperidine rings is 1. The molecule has 0 spiro atoms. The molecule has 1 saturated carbocycles. The Labute approximate surface area is 188 Å². The number of fused-ring (bicyclic) bond motifs is 1. The Bertz CT molecular complexity index is 907. The van der Waals surface area contributed by atoms with Gasteiger partial charge >= 0.3 is 0 Å². The molecule has 3 amide bonds. The molecule has 3 fully saturated rings. The zero-order valence-electron chi connectivity index (χ0n) is 18.4. The highest BCUT2D eigenvalue weighted by molar-refractivity contribution is 6.06. The highest BCUT2D eigenvalue weighted by Crippen LogP contribution is 2.38. The van der Waals surface area contributed by atoms with Gasteiger partial charge in [-0.25, -0.2) is 0 Å². The molecule has 1 aromatic carbocycles. The second-order valence-corrected chi connectivity index (χ2v) is 9.55. The normalized spacial score (nSPS) is 28.0. The van der Waals surface area contributed by atoms with E-state index in [1.54, 1.807) is 4.90 Å². The van der Waals surface area contributed by atoms with Crippen LogP contribution in [0.5, 0.6) is 0 Å². The quantitative estimate of drug-likeness (QED) is 0.624. The molecule has 3 aliphatic heterocycles. The van der Waals surface area contributed by atoms with Crippen molar-refractivity contribution in [2.75, 3.05) is 24.6 Å². The first kappa shape index (κ1) is 21.4. The van der Waals surface area contributed by atoms with Gasteiger partial charge in [-0.1, -0.05) is 18.9 Å². The summed E-state index contributed by atoms with van der Waals surface area (Å²) in [6, 6.07) is 5.55. The first-order valence-corrected chi connectivity index (χ1v) is 11.9.